The van der Waals surface area contributed by atoms with Crippen LogP contribution in [0.5, 0.6) is 0 Å². The zero-order chi connectivity index (χ0) is 20.9. The van der Waals surface area contributed by atoms with Crippen molar-refractivity contribution in [2.45, 2.75) is 37.5 Å². The molecule has 0 saturated carbocycles. The van der Waals surface area contributed by atoms with Gasteiger partial charge in [-0.2, -0.15) is 4.31 Å². The third-order valence-electron chi connectivity index (χ3n) is 5.32. The molecule has 0 N–H and O–H groups in total. The largest absolute Gasteiger partial charge is 0.312 e. The number of anilines is 1. The van der Waals surface area contributed by atoms with Crippen molar-refractivity contribution in [3.05, 3.63) is 60.4 Å². The van der Waals surface area contributed by atoms with Crippen LogP contribution in [0.1, 0.15) is 32.6 Å². The summed E-state index contributed by atoms with van der Waals surface area (Å²) in [5, 5.41) is 0. The topological polar surface area (TPSA) is 57.7 Å². The number of halogens is 1. The van der Waals surface area contributed by atoms with E-state index in [-0.39, 0.29) is 29.8 Å². The van der Waals surface area contributed by atoms with Crippen LogP contribution in [0.25, 0.3) is 0 Å². The maximum atomic E-state index is 13.2. The predicted molar refractivity (Wildman–Crippen MR) is 112 cm³/mol. The van der Waals surface area contributed by atoms with Crippen LogP contribution in [-0.2, 0) is 14.8 Å². The number of hydrogen-bond donors (Lipinski definition) is 0. The molecule has 3 rings (SSSR count). The van der Waals surface area contributed by atoms with E-state index in [1.54, 1.807) is 0 Å². The standard InChI is InChI=1S/C22H27FN2O3S/c1-2-3-15-25(20-7-5-4-6-8-20)22(26)18-13-16-24(17-14-18)29(27,28)21-11-9-19(23)10-12-21/h4-12,18H,2-3,13-17H2,1H3. The second kappa shape index (κ2) is 9.50. The fourth-order valence-electron chi connectivity index (χ4n) is 3.61. The zero-order valence-corrected chi connectivity index (χ0v) is 17.4. The molecule has 0 spiro atoms. The Balaban J connectivity index is 1.68. The van der Waals surface area contributed by atoms with Crippen LogP contribution in [0.3, 0.4) is 0 Å². The number of amides is 1. The number of hydrogen-bond acceptors (Lipinski definition) is 3. The number of piperidine rings is 1. The van der Waals surface area contributed by atoms with Gasteiger partial charge in [0.1, 0.15) is 5.82 Å². The van der Waals surface area contributed by atoms with E-state index in [1.807, 2.05) is 35.2 Å². The SMILES string of the molecule is CCCCN(C(=O)C1CCN(S(=O)(=O)c2ccc(F)cc2)CC1)c1ccccc1. The third kappa shape index (κ3) is 5.03. The summed E-state index contributed by atoms with van der Waals surface area (Å²) in [5.74, 6) is -0.614. The highest BCUT2D eigenvalue weighted by Gasteiger charge is 2.34. The average molecular weight is 419 g/mol. The lowest BCUT2D eigenvalue weighted by atomic mass is 9.96. The maximum Gasteiger partial charge on any atom is 0.243 e. The fraction of sp³-hybridized carbons (Fsp3) is 0.409. The highest BCUT2D eigenvalue weighted by Crippen LogP contribution is 2.27. The van der Waals surface area contributed by atoms with E-state index in [2.05, 4.69) is 6.92 Å². The Morgan fingerprint density at radius 3 is 2.28 bits per heavy atom. The first-order chi connectivity index (χ1) is 13.9. The van der Waals surface area contributed by atoms with Gasteiger partial charge in [-0.25, -0.2) is 12.8 Å². The van der Waals surface area contributed by atoms with Gasteiger partial charge >= 0.3 is 0 Å². The summed E-state index contributed by atoms with van der Waals surface area (Å²) >= 11 is 0. The molecule has 1 fully saturated rings. The van der Waals surface area contributed by atoms with Crippen molar-refractivity contribution < 1.29 is 17.6 Å². The molecule has 0 aliphatic carbocycles. The summed E-state index contributed by atoms with van der Waals surface area (Å²) in [4.78, 5) is 15.1. The van der Waals surface area contributed by atoms with E-state index < -0.39 is 15.8 Å². The Bertz CT molecular complexity index is 909. The second-order valence-corrected chi connectivity index (χ2v) is 9.25. The van der Waals surface area contributed by atoms with Crippen LogP contribution < -0.4 is 4.90 Å². The average Bonchev–Trinajstić information content (AvgIpc) is 2.75. The van der Waals surface area contributed by atoms with E-state index in [0.29, 0.717) is 19.4 Å². The molecule has 0 unspecified atom stereocenters. The lowest BCUT2D eigenvalue weighted by molar-refractivity contribution is -0.123. The molecule has 2 aromatic rings. The molecule has 156 valence electrons. The molecular weight excluding hydrogens is 391 g/mol. The van der Waals surface area contributed by atoms with Crippen molar-refractivity contribution in [2.75, 3.05) is 24.5 Å². The van der Waals surface area contributed by atoms with Crippen molar-refractivity contribution in [2.24, 2.45) is 5.92 Å². The maximum absolute atomic E-state index is 13.2. The van der Waals surface area contributed by atoms with Gasteiger partial charge in [-0.1, -0.05) is 31.5 Å². The van der Waals surface area contributed by atoms with Crippen molar-refractivity contribution in [1.82, 2.24) is 4.31 Å². The van der Waals surface area contributed by atoms with Gasteiger partial charge in [0.15, 0.2) is 0 Å². The number of benzene rings is 2. The zero-order valence-electron chi connectivity index (χ0n) is 16.6. The molecule has 0 aromatic heterocycles. The summed E-state index contributed by atoms with van der Waals surface area (Å²) < 4.78 is 40.1. The van der Waals surface area contributed by atoms with E-state index in [1.165, 1.54) is 16.4 Å². The molecule has 0 bridgehead atoms. The third-order valence-corrected chi connectivity index (χ3v) is 7.24. The molecule has 7 heteroatoms. The highest BCUT2D eigenvalue weighted by atomic mass is 32.2. The van der Waals surface area contributed by atoms with Crippen LogP contribution in [0.15, 0.2) is 59.5 Å². The minimum Gasteiger partial charge on any atom is -0.312 e. The number of rotatable bonds is 7. The predicted octanol–water partition coefficient (Wildman–Crippen LogP) is 4.06. The molecule has 0 radical (unpaired) electrons. The minimum absolute atomic E-state index is 0.0588. The summed E-state index contributed by atoms with van der Waals surface area (Å²) in [6.07, 6.45) is 2.87. The molecule has 2 aromatic carbocycles. The highest BCUT2D eigenvalue weighted by molar-refractivity contribution is 7.89. The summed E-state index contributed by atoms with van der Waals surface area (Å²) in [7, 11) is -3.67. The number of sulfonamides is 1. The Morgan fingerprint density at radius 2 is 1.69 bits per heavy atom. The Labute approximate surface area is 172 Å². The van der Waals surface area contributed by atoms with Crippen molar-refractivity contribution in [1.29, 1.82) is 0 Å². The van der Waals surface area contributed by atoms with E-state index in [9.17, 15) is 17.6 Å². The minimum atomic E-state index is -3.67. The fourth-order valence-corrected chi connectivity index (χ4v) is 5.08. The molecule has 1 amide bonds. The molecule has 29 heavy (non-hydrogen) atoms. The summed E-state index contributed by atoms with van der Waals surface area (Å²) in [6, 6.07) is 14.5. The van der Waals surface area contributed by atoms with Gasteiger partial charge in [0.2, 0.25) is 15.9 Å². The first-order valence-electron chi connectivity index (χ1n) is 10.1. The smallest absolute Gasteiger partial charge is 0.243 e. The van der Waals surface area contributed by atoms with Crippen molar-refractivity contribution in [3.63, 3.8) is 0 Å². The Hall–Kier alpha value is -2.25. The molecule has 5 nitrogen and oxygen atoms in total. The second-order valence-electron chi connectivity index (χ2n) is 7.31. The van der Waals surface area contributed by atoms with E-state index in [4.69, 9.17) is 0 Å². The van der Waals surface area contributed by atoms with Crippen LogP contribution in [0.4, 0.5) is 10.1 Å². The van der Waals surface area contributed by atoms with Gasteiger partial charge < -0.3 is 4.90 Å². The number of para-hydroxylation sites is 1. The molecule has 0 atom stereocenters. The normalized spacial score (nSPS) is 15.9. The molecule has 1 aliphatic rings. The number of carbonyl (C=O) groups is 1. The number of unbranched alkanes of at least 4 members (excludes halogenated alkanes) is 1. The van der Waals surface area contributed by atoms with E-state index in [0.717, 1.165) is 30.7 Å². The summed E-state index contributed by atoms with van der Waals surface area (Å²) in [6.45, 7) is 3.32. The Kier molecular flexibility index (Phi) is 7.03. The van der Waals surface area contributed by atoms with Crippen LogP contribution >= 0.6 is 0 Å². The summed E-state index contributed by atoms with van der Waals surface area (Å²) in [5.41, 5.74) is 0.882. The number of carbonyl (C=O) groups excluding carboxylic acids is 1. The lowest BCUT2D eigenvalue weighted by Crippen LogP contribution is -2.44. The van der Waals surface area contributed by atoms with Gasteiger partial charge in [-0.15, -0.1) is 0 Å². The molecule has 1 aliphatic heterocycles. The van der Waals surface area contributed by atoms with Crippen LogP contribution in [0, 0.1) is 11.7 Å². The van der Waals surface area contributed by atoms with Gasteiger partial charge in [-0.05, 0) is 55.7 Å². The van der Waals surface area contributed by atoms with Crippen LogP contribution in [-0.4, -0.2) is 38.3 Å². The van der Waals surface area contributed by atoms with Gasteiger partial charge in [0.05, 0.1) is 4.90 Å². The van der Waals surface area contributed by atoms with Gasteiger partial charge in [0.25, 0.3) is 0 Å². The van der Waals surface area contributed by atoms with E-state index >= 15 is 0 Å². The van der Waals surface area contributed by atoms with Gasteiger partial charge in [0, 0.05) is 31.2 Å². The first kappa shape index (κ1) is 21.5. The lowest BCUT2D eigenvalue weighted by Gasteiger charge is -2.33. The first-order valence-corrected chi connectivity index (χ1v) is 11.5. The monoisotopic (exact) mass is 418 g/mol. The molecule has 1 saturated heterocycles. The van der Waals surface area contributed by atoms with Crippen molar-refractivity contribution in [3.8, 4) is 0 Å². The quantitative estimate of drug-likeness (QED) is 0.681. The van der Waals surface area contributed by atoms with Crippen molar-refractivity contribution >= 4 is 21.6 Å². The van der Waals surface area contributed by atoms with Crippen LogP contribution in [0.2, 0.25) is 0 Å². The molecule has 1 heterocycles. The number of nitrogens with zero attached hydrogens (tertiary/aromatic N) is 2. The Morgan fingerprint density at radius 1 is 1.07 bits per heavy atom. The van der Waals surface area contributed by atoms with Gasteiger partial charge in [-0.3, -0.25) is 4.79 Å². The molecular formula is C22H27FN2O3S.